The second kappa shape index (κ2) is 10.1. The van der Waals surface area contributed by atoms with E-state index < -0.39 is 17.9 Å². The third kappa shape index (κ3) is 4.88. The van der Waals surface area contributed by atoms with Crippen LogP contribution < -0.4 is 5.56 Å². The lowest BCUT2D eigenvalue weighted by Crippen LogP contribution is -2.24. The van der Waals surface area contributed by atoms with Gasteiger partial charge < -0.3 is 14.4 Å². The Morgan fingerprint density at radius 1 is 1.03 bits per heavy atom. The number of rotatable bonds is 8. The molecule has 6 rings (SSSR count). The Bertz CT molecular complexity index is 1760. The number of benzene rings is 3. The molecule has 1 unspecified atom stereocenters. The second-order valence-corrected chi connectivity index (χ2v) is 9.33. The summed E-state index contributed by atoms with van der Waals surface area (Å²) in [6.07, 6.45) is 1.35. The molecule has 39 heavy (non-hydrogen) atoms. The molecular formula is C29H23FN4O5. The molecule has 0 fully saturated rings. The summed E-state index contributed by atoms with van der Waals surface area (Å²) >= 11 is 0. The molecule has 1 N–H and O–H groups in total. The number of oxazole rings is 1. The fourth-order valence-corrected chi connectivity index (χ4v) is 4.70. The quantitative estimate of drug-likeness (QED) is 0.271. The number of hydrogen-bond acceptors (Lipinski definition) is 7. The fourth-order valence-electron chi connectivity index (χ4n) is 4.70. The average Bonchev–Trinajstić information content (AvgIpc) is 3.59. The average molecular weight is 527 g/mol. The minimum Gasteiger partial charge on any atom is -0.481 e. The number of unbranched alkanes of at least 4 members (excludes halogenated alkanes) is 1. The number of aryl methyl sites for hydroxylation is 1. The van der Waals surface area contributed by atoms with Crippen LogP contribution in [0.25, 0.3) is 27.7 Å². The van der Waals surface area contributed by atoms with Crippen LogP contribution in [-0.2, 0) is 16.1 Å². The summed E-state index contributed by atoms with van der Waals surface area (Å²) in [5.74, 6) is -0.378. The first kappa shape index (κ1) is 24.5. The molecule has 0 spiro atoms. The van der Waals surface area contributed by atoms with Gasteiger partial charge in [-0.2, -0.15) is 0 Å². The van der Waals surface area contributed by atoms with Crippen LogP contribution in [-0.4, -0.2) is 31.3 Å². The second-order valence-electron chi connectivity index (χ2n) is 9.33. The maximum absolute atomic E-state index is 13.6. The molecule has 0 bridgehead atoms. The van der Waals surface area contributed by atoms with Gasteiger partial charge >= 0.3 is 5.97 Å². The third-order valence-electron chi connectivity index (χ3n) is 6.65. The van der Waals surface area contributed by atoms with E-state index in [1.165, 1.54) is 28.8 Å². The zero-order chi connectivity index (χ0) is 26.9. The predicted molar refractivity (Wildman–Crippen MR) is 141 cm³/mol. The first-order chi connectivity index (χ1) is 19.0. The van der Waals surface area contributed by atoms with Gasteiger partial charge in [-0.25, -0.2) is 14.4 Å². The summed E-state index contributed by atoms with van der Waals surface area (Å²) < 4.78 is 20.9. The van der Waals surface area contributed by atoms with E-state index in [4.69, 9.17) is 19.3 Å². The van der Waals surface area contributed by atoms with Gasteiger partial charge in [0.1, 0.15) is 17.2 Å². The Labute approximate surface area is 221 Å². The van der Waals surface area contributed by atoms with Crippen LogP contribution in [0.15, 0.2) is 81.1 Å². The van der Waals surface area contributed by atoms with Gasteiger partial charge in [-0.05, 0) is 61.4 Å². The molecule has 3 heterocycles. The van der Waals surface area contributed by atoms with Gasteiger partial charge in [-0.1, -0.05) is 23.4 Å². The van der Waals surface area contributed by atoms with Gasteiger partial charge in [-0.15, -0.1) is 0 Å². The number of carboxylic acid groups (broad SMARTS) is 1. The molecule has 2 aromatic heterocycles. The molecule has 1 aliphatic rings. The zero-order valence-electron chi connectivity index (χ0n) is 20.7. The van der Waals surface area contributed by atoms with Crippen LogP contribution in [0.2, 0.25) is 0 Å². The SMILES string of the molecule is O=C(O)CCCCc1nc2cc(C3=NOC(c4nc5ccccc5o4)C3)ccc2c(=O)n1-c1ccc(F)cc1. The first-order valence-corrected chi connectivity index (χ1v) is 12.6. The van der Waals surface area contributed by atoms with Crippen molar-refractivity contribution >= 4 is 33.7 Å². The highest BCUT2D eigenvalue weighted by atomic mass is 19.1. The van der Waals surface area contributed by atoms with Crippen molar-refractivity contribution < 1.29 is 23.5 Å². The molecule has 1 atom stereocenters. The number of hydrogen-bond donors (Lipinski definition) is 1. The molecule has 9 nitrogen and oxygen atoms in total. The van der Waals surface area contributed by atoms with Gasteiger partial charge in [0.25, 0.3) is 5.56 Å². The molecule has 0 saturated carbocycles. The number of carbonyl (C=O) groups is 1. The topological polar surface area (TPSA) is 120 Å². The highest BCUT2D eigenvalue weighted by Crippen LogP contribution is 2.31. The number of fused-ring (bicyclic) bond motifs is 2. The predicted octanol–water partition coefficient (Wildman–Crippen LogP) is 5.33. The number of para-hydroxylation sites is 2. The minimum atomic E-state index is -0.877. The Morgan fingerprint density at radius 3 is 2.64 bits per heavy atom. The van der Waals surface area contributed by atoms with Crippen molar-refractivity contribution in [3.63, 3.8) is 0 Å². The van der Waals surface area contributed by atoms with E-state index in [-0.39, 0.29) is 12.0 Å². The van der Waals surface area contributed by atoms with Crippen molar-refractivity contribution in [2.24, 2.45) is 5.16 Å². The Hall–Kier alpha value is -4.86. The van der Waals surface area contributed by atoms with Gasteiger partial charge in [0.05, 0.1) is 22.3 Å². The molecule has 1 aliphatic heterocycles. The first-order valence-electron chi connectivity index (χ1n) is 12.6. The molecule has 3 aromatic carbocycles. The Morgan fingerprint density at radius 2 is 1.85 bits per heavy atom. The maximum atomic E-state index is 13.6. The monoisotopic (exact) mass is 526 g/mol. The molecular weight excluding hydrogens is 503 g/mol. The largest absolute Gasteiger partial charge is 0.481 e. The molecule has 0 aliphatic carbocycles. The van der Waals surface area contributed by atoms with Crippen molar-refractivity contribution in [1.29, 1.82) is 0 Å². The van der Waals surface area contributed by atoms with Crippen molar-refractivity contribution in [3.05, 3.63) is 100 Å². The number of carboxylic acids is 1. The minimum absolute atomic E-state index is 0.0274. The lowest BCUT2D eigenvalue weighted by molar-refractivity contribution is -0.137. The summed E-state index contributed by atoms with van der Waals surface area (Å²) in [7, 11) is 0. The van der Waals surface area contributed by atoms with Crippen LogP contribution in [0.3, 0.4) is 0 Å². The van der Waals surface area contributed by atoms with E-state index in [1.807, 2.05) is 24.3 Å². The third-order valence-corrected chi connectivity index (χ3v) is 6.65. The Balaban J connectivity index is 1.32. The highest BCUT2D eigenvalue weighted by Gasteiger charge is 2.29. The summed E-state index contributed by atoms with van der Waals surface area (Å²) in [4.78, 5) is 39.5. The Kier molecular flexibility index (Phi) is 6.36. The van der Waals surface area contributed by atoms with Crippen LogP contribution in [0.5, 0.6) is 0 Å². The van der Waals surface area contributed by atoms with Gasteiger partial charge in [0, 0.05) is 24.8 Å². The van der Waals surface area contributed by atoms with Gasteiger partial charge in [-0.3, -0.25) is 14.2 Å². The van der Waals surface area contributed by atoms with Gasteiger partial charge in [0.15, 0.2) is 5.58 Å². The maximum Gasteiger partial charge on any atom is 0.303 e. The van der Waals surface area contributed by atoms with Crippen molar-refractivity contribution in [3.8, 4) is 5.69 Å². The van der Waals surface area contributed by atoms with Crippen LogP contribution in [0.4, 0.5) is 4.39 Å². The van der Waals surface area contributed by atoms with E-state index in [9.17, 15) is 14.0 Å². The zero-order valence-corrected chi connectivity index (χ0v) is 20.7. The highest BCUT2D eigenvalue weighted by molar-refractivity contribution is 6.03. The van der Waals surface area contributed by atoms with Crippen LogP contribution in [0.1, 0.15) is 49.1 Å². The normalized spacial score (nSPS) is 15.0. The summed E-state index contributed by atoms with van der Waals surface area (Å²) in [5.41, 5.74) is 3.53. The van der Waals surface area contributed by atoms with Crippen molar-refractivity contribution in [2.45, 2.75) is 38.2 Å². The summed E-state index contributed by atoms with van der Waals surface area (Å²) in [6.45, 7) is 0. The number of aliphatic carboxylic acids is 1. The molecule has 0 radical (unpaired) electrons. The molecule has 0 saturated heterocycles. The van der Waals surface area contributed by atoms with E-state index in [2.05, 4.69) is 10.1 Å². The molecule has 196 valence electrons. The van der Waals surface area contributed by atoms with Gasteiger partial charge in [0.2, 0.25) is 12.0 Å². The number of halogens is 1. The smallest absolute Gasteiger partial charge is 0.303 e. The molecule has 10 heteroatoms. The lowest BCUT2D eigenvalue weighted by atomic mass is 10.0. The number of oxime groups is 1. The number of aromatic nitrogens is 3. The van der Waals surface area contributed by atoms with Crippen molar-refractivity contribution in [1.82, 2.24) is 14.5 Å². The van der Waals surface area contributed by atoms with E-state index in [0.717, 1.165) is 11.1 Å². The fraction of sp³-hybridized carbons (Fsp3) is 0.207. The van der Waals surface area contributed by atoms with Crippen LogP contribution >= 0.6 is 0 Å². The number of nitrogens with zero attached hydrogens (tertiary/aromatic N) is 4. The summed E-state index contributed by atoms with van der Waals surface area (Å²) in [5, 5.41) is 13.6. The standard InChI is InChI=1S/C29H23FN4O5/c30-18-10-12-19(13-11-18)34-26(7-3-4-8-27(35)36)31-23-15-17(9-14-20(23)29(34)37)22-16-25(39-33-22)28-32-21-5-1-2-6-24(21)38-28/h1-2,5-6,9-15,25H,3-4,7-8,16H2,(H,35,36). The van der Waals surface area contributed by atoms with E-state index >= 15 is 0 Å². The van der Waals surface area contributed by atoms with Crippen molar-refractivity contribution in [2.75, 3.05) is 0 Å². The van der Waals surface area contributed by atoms with Crippen LogP contribution in [0, 0.1) is 5.82 Å². The summed E-state index contributed by atoms with van der Waals surface area (Å²) in [6, 6.07) is 18.4. The van der Waals surface area contributed by atoms with E-state index in [1.54, 1.807) is 18.2 Å². The lowest BCUT2D eigenvalue weighted by Gasteiger charge is -2.14. The van der Waals surface area contributed by atoms with E-state index in [0.29, 0.717) is 65.3 Å². The molecule has 0 amide bonds. The molecule has 5 aromatic rings.